The van der Waals surface area contributed by atoms with Crippen LogP contribution in [0.3, 0.4) is 0 Å². The predicted molar refractivity (Wildman–Crippen MR) is 103 cm³/mol. The molecular formula is C21H20N2OS. The molecule has 1 aliphatic rings. The molecule has 0 radical (unpaired) electrons. The highest BCUT2D eigenvalue weighted by molar-refractivity contribution is 7.17. The highest BCUT2D eigenvalue weighted by Gasteiger charge is 2.30. The SMILES string of the molecule is C[C@H](NC(=O)c1sc(-c2ccccc2)nc1-c1ccccc1)C1CC1. The molecule has 4 heteroatoms. The van der Waals surface area contributed by atoms with Crippen molar-refractivity contribution >= 4 is 17.2 Å². The number of nitrogens with zero attached hydrogens (tertiary/aromatic N) is 1. The first-order valence-electron chi connectivity index (χ1n) is 8.65. The summed E-state index contributed by atoms with van der Waals surface area (Å²) < 4.78 is 0. The van der Waals surface area contributed by atoms with Crippen LogP contribution in [0.2, 0.25) is 0 Å². The van der Waals surface area contributed by atoms with Crippen LogP contribution < -0.4 is 5.32 Å². The lowest BCUT2D eigenvalue weighted by atomic mass is 10.1. The Hall–Kier alpha value is -2.46. The molecule has 25 heavy (non-hydrogen) atoms. The number of amides is 1. The van der Waals surface area contributed by atoms with E-state index in [0.717, 1.165) is 21.8 Å². The average Bonchev–Trinajstić information content (AvgIpc) is 3.41. The highest BCUT2D eigenvalue weighted by atomic mass is 32.1. The van der Waals surface area contributed by atoms with Gasteiger partial charge in [0, 0.05) is 17.2 Å². The van der Waals surface area contributed by atoms with Crippen LogP contribution in [0.15, 0.2) is 60.7 Å². The van der Waals surface area contributed by atoms with Crippen molar-refractivity contribution in [2.75, 3.05) is 0 Å². The van der Waals surface area contributed by atoms with Gasteiger partial charge < -0.3 is 5.32 Å². The summed E-state index contributed by atoms with van der Waals surface area (Å²) in [5.74, 6) is 0.614. The molecule has 0 unspecified atom stereocenters. The van der Waals surface area contributed by atoms with Crippen LogP contribution in [-0.4, -0.2) is 16.9 Å². The van der Waals surface area contributed by atoms with Gasteiger partial charge >= 0.3 is 0 Å². The van der Waals surface area contributed by atoms with E-state index >= 15 is 0 Å². The maximum Gasteiger partial charge on any atom is 0.263 e. The Bertz CT molecular complexity index is 869. The molecule has 3 aromatic rings. The number of thiazole rings is 1. The number of carbonyl (C=O) groups is 1. The topological polar surface area (TPSA) is 42.0 Å². The monoisotopic (exact) mass is 348 g/mol. The van der Waals surface area contributed by atoms with Crippen molar-refractivity contribution in [1.29, 1.82) is 0 Å². The molecule has 1 saturated carbocycles. The molecule has 1 atom stereocenters. The molecular weight excluding hydrogens is 328 g/mol. The quantitative estimate of drug-likeness (QED) is 0.704. The van der Waals surface area contributed by atoms with Crippen molar-refractivity contribution < 1.29 is 4.79 Å². The summed E-state index contributed by atoms with van der Waals surface area (Å²) in [6.45, 7) is 2.09. The van der Waals surface area contributed by atoms with E-state index in [1.54, 1.807) is 0 Å². The lowest BCUT2D eigenvalue weighted by Gasteiger charge is -2.12. The molecule has 3 nitrogen and oxygen atoms in total. The second kappa shape index (κ2) is 6.81. The van der Waals surface area contributed by atoms with Crippen molar-refractivity contribution in [3.8, 4) is 21.8 Å². The molecule has 0 aliphatic heterocycles. The molecule has 1 heterocycles. The molecule has 0 bridgehead atoms. The number of rotatable bonds is 5. The number of carbonyl (C=O) groups excluding carboxylic acids is 1. The summed E-state index contributed by atoms with van der Waals surface area (Å²) in [4.78, 5) is 18.4. The van der Waals surface area contributed by atoms with Gasteiger partial charge in [0.15, 0.2) is 0 Å². The van der Waals surface area contributed by atoms with Crippen LogP contribution >= 0.6 is 11.3 Å². The predicted octanol–water partition coefficient (Wildman–Crippen LogP) is 5.01. The van der Waals surface area contributed by atoms with Gasteiger partial charge in [-0.25, -0.2) is 4.98 Å². The molecule has 1 N–H and O–H groups in total. The van der Waals surface area contributed by atoms with Crippen molar-refractivity contribution in [2.24, 2.45) is 5.92 Å². The smallest absolute Gasteiger partial charge is 0.263 e. The fraction of sp³-hybridized carbons (Fsp3) is 0.238. The van der Waals surface area contributed by atoms with Gasteiger partial charge in [-0.1, -0.05) is 60.7 Å². The van der Waals surface area contributed by atoms with Gasteiger partial charge in [-0.05, 0) is 25.7 Å². The Morgan fingerprint density at radius 3 is 2.24 bits per heavy atom. The van der Waals surface area contributed by atoms with Crippen LogP contribution in [0.4, 0.5) is 0 Å². The first kappa shape index (κ1) is 16.0. The van der Waals surface area contributed by atoms with Gasteiger partial charge in [-0.2, -0.15) is 0 Å². The standard InChI is InChI=1S/C21H20N2OS/c1-14(15-12-13-15)22-20(24)19-18(16-8-4-2-5-9-16)23-21(25-19)17-10-6-3-7-11-17/h2-11,14-15H,12-13H2,1H3,(H,22,24)/t14-/m0/s1. The highest BCUT2D eigenvalue weighted by Crippen LogP contribution is 2.35. The van der Waals surface area contributed by atoms with Gasteiger partial charge in [-0.15, -0.1) is 11.3 Å². The Balaban J connectivity index is 1.72. The summed E-state index contributed by atoms with van der Waals surface area (Å²) in [7, 11) is 0. The average molecular weight is 348 g/mol. The molecule has 2 aromatic carbocycles. The van der Waals surface area contributed by atoms with Crippen LogP contribution in [0.25, 0.3) is 21.8 Å². The number of nitrogens with one attached hydrogen (secondary N) is 1. The van der Waals surface area contributed by atoms with E-state index in [9.17, 15) is 4.79 Å². The van der Waals surface area contributed by atoms with E-state index in [-0.39, 0.29) is 11.9 Å². The van der Waals surface area contributed by atoms with Gasteiger partial charge in [0.1, 0.15) is 9.88 Å². The molecule has 126 valence electrons. The molecule has 1 aliphatic carbocycles. The number of benzene rings is 2. The Kier molecular flexibility index (Phi) is 4.36. The lowest BCUT2D eigenvalue weighted by Crippen LogP contribution is -2.33. The first-order chi connectivity index (χ1) is 12.2. The van der Waals surface area contributed by atoms with Crippen LogP contribution in [-0.2, 0) is 0 Å². The van der Waals surface area contributed by atoms with Crippen molar-refractivity contribution in [2.45, 2.75) is 25.8 Å². The first-order valence-corrected chi connectivity index (χ1v) is 9.46. The van der Waals surface area contributed by atoms with Crippen LogP contribution in [0, 0.1) is 5.92 Å². The van der Waals surface area contributed by atoms with E-state index in [4.69, 9.17) is 4.98 Å². The Labute approximate surface area is 151 Å². The van der Waals surface area contributed by atoms with Crippen LogP contribution in [0.1, 0.15) is 29.4 Å². The zero-order valence-electron chi connectivity index (χ0n) is 14.1. The Morgan fingerprint density at radius 1 is 1.04 bits per heavy atom. The van der Waals surface area contributed by atoms with Crippen molar-refractivity contribution in [3.05, 3.63) is 65.5 Å². The third-order valence-corrected chi connectivity index (χ3v) is 5.69. The fourth-order valence-electron chi connectivity index (χ4n) is 2.96. The maximum atomic E-state index is 12.9. The largest absolute Gasteiger partial charge is 0.349 e. The number of hydrogen-bond acceptors (Lipinski definition) is 3. The van der Waals surface area contributed by atoms with E-state index in [1.807, 2.05) is 60.7 Å². The summed E-state index contributed by atoms with van der Waals surface area (Å²) >= 11 is 1.47. The lowest BCUT2D eigenvalue weighted by molar-refractivity contribution is 0.0940. The van der Waals surface area contributed by atoms with Crippen molar-refractivity contribution in [1.82, 2.24) is 10.3 Å². The minimum absolute atomic E-state index is 0.0158. The number of hydrogen-bond donors (Lipinski definition) is 1. The summed E-state index contributed by atoms with van der Waals surface area (Å²) in [5.41, 5.74) is 2.79. The third kappa shape index (κ3) is 3.49. The minimum Gasteiger partial charge on any atom is -0.349 e. The van der Waals surface area contributed by atoms with E-state index in [0.29, 0.717) is 10.8 Å². The molecule has 0 spiro atoms. The third-order valence-electron chi connectivity index (χ3n) is 4.59. The molecule has 0 saturated heterocycles. The zero-order valence-corrected chi connectivity index (χ0v) is 14.9. The van der Waals surface area contributed by atoms with Gasteiger partial charge in [0.2, 0.25) is 0 Å². The van der Waals surface area contributed by atoms with Gasteiger partial charge in [0.05, 0.1) is 5.69 Å². The summed E-state index contributed by atoms with van der Waals surface area (Å²) in [6, 6.07) is 20.2. The molecule has 1 fully saturated rings. The van der Waals surface area contributed by atoms with E-state index < -0.39 is 0 Å². The Morgan fingerprint density at radius 2 is 1.64 bits per heavy atom. The molecule has 4 rings (SSSR count). The van der Waals surface area contributed by atoms with Crippen molar-refractivity contribution in [3.63, 3.8) is 0 Å². The number of aromatic nitrogens is 1. The second-order valence-corrected chi connectivity index (χ2v) is 7.53. The van der Waals surface area contributed by atoms with E-state index in [2.05, 4.69) is 12.2 Å². The molecule has 1 aromatic heterocycles. The summed E-state index contributed by atoms with van der Waals surface area (Å²) in [6.07, 6.45) is 2.43. The molecule has 1 amide bonds. The fourth-order valence-corrected chi connectivity index (χ4v) is 3.95. The second-order valence-electron chi connectivity index (χ2n) is 6.53. The van der Waals surface area contributed by atoms with Gasteiger partial charge in [-0.3, -0.25) is 4.79 Å². The normalized spacial score (nSPS) is 14.9. The zero-order chi connectivity index (χ0) is 17.2. The van der Waals surface area contributed by atoms with E-state index in [1.165, 1.54) is 24.2 Å². The summed E-state index contributed by atoms with van der Waals surface area (Å²) in [5, 5.41) is 4.04. The maximum absolute atomic E-state index is 12.9. The van der Waals surface area contributed by atoms with Gasteiger partial charge in [0.25, 0.3) is 5.91 Å². The van der Waals surface area contributed by atoms with Crippen LogP contribution in [0.5, 0.6) is 0 Å². The minimum atomic E-state index is -0.0158.